The zero-order valence-electron chi connectivity index (χ0n) is 10.8. The van der Waals surface area contributed by atoms with Crippen molar-refractivity contribution in [3.8, 4) is 5.75 Å². The van der Waals surface area contributed by atoms with E-state index in [0.717, 1.165) is 15.6 Å². The Labute approximate surface area is 115 Å². The van der Waals surface area contributed by atoms with Crippen LogP contribution in [0.1, 0.15) is 23.6 Å². The Morgan fingerprint density at radius 2 is 2.17 bits per heavy atom. The van der Waals surface area contributed by atoms with Gasteiger partial charge in [0.1, 0.15) is 11.8 Å². The SMILES string of the molecule is CCOC(=O)C(N)Cc1c(C)c(Br)cc(C)c1O. The van der Waals surface area contributed by atoms with E-state index < -0.39 is 12.0 Å². The van der Waals surface area contributed by atoms with E-state index in [1.807, 2.05) is 13.0 Å². The number of aryl methyl sites for hydroxylation is 1. The number of ether oxygens (including phenoxy) is 1. The third kappa shape index (κ3) is 3.23. The van der Waals surface area contributed by atoms with Gasteiger partial charge in [0.2, 0.25) is 0 Å². The van der Waals surface area contributed by atoms with Crippen molar-refractivity contribution in [1.29, 1.82) is 0 Å². The summed E-state index contributed by atoms with van der Waals surface area (Å²) >= 11 is 3.42. The molecule has 0 radical (unpaired) electrons. The Morgan fingerprint density at radius 3 is 2.72 bits per heavy atom. The van der Waals surface area contributed by atoms with Crippen molar-refractivity contribution in [2.45, 2.75) is 33.2 Å². The number of halogens is 1. The highest BCUT2D eigenvalue weighted by Crippen LogP contribution is 2.32. The van der Waals surface area contributed by atoms with Gasteiger partial charge in [-0.3, -0.25) is 4.79 Å². The van der Waals surface area contributed by atoms with Gasteiger partial charge >= 0.3 is 5.97 Å². The van der Waals surface area contributed by atoms with Gasteiger partial charge in [0.05, 0.1) is 6.61 Å². The predicted molar refractivity (Wildman–Crippen MR) is 73.6 cm³/mol. The van der Waals surface area contributed by atoms with Crippen molar-refractivity contribution in [2.24, 2.45) is 5.73 Å². The normalized spacial score (nSPS) is 12.3. The van der Waals surface area contributed by atoms with E-state index >= 15 is 0 Å². The highest BCUT2D eigenvalue weighted by Gasteiger charge is 2.20. The maximum absolute atomic E-state index is 11.5. The second-order valence-electron chi connectivity index (χ2n) is 4.19. The molecule has 0 amide bonds. The van der Waals surface area contributed by atoms with Gasteiger partial charge in [0.15, 0.2) is 0 Å². The van der Waals surface area contributed by atoms with Crippen LogP contribution in [0.3, 0.4) is 0 Å². The summed E-state index contributed by atoms with van der Waals surface area (Å²) in [5.74, 6) is -0.260. The quantitative estimate of drug-likeness (QED) is 0.835. The van der Waals surface area contributed by atoms with Crippen molar-refractivity contribution in [2.75, 3.05) is 6.61 Å². The van der Waals surface area contributed by atoms with Crippen LogP contribution in [0.4, 0.5) is 0 Å². The Morgan fingerprint density at radius 1 is 1.56 bits per heavy atom. The molecule has 0 saturated carbocycles. The average Bonchev–Trinajstić information content (AvgIpc) is 2.32. The minimum absolute atomic E-state index is 0.190. The first-order valence-electron chi connectivity index (χ1n) is 5.78. The molecule has 1 atom stereocenters. The summed E-state index contributed by atoms with van der Waals surface area (Å²) in [5.41, 5.74) is 8.09. The molecule has 1 aromatic carbocycles. The molecule has 1 unspecified atom stereocenters. The van der Waals surface area contributed by atoms with E-state index in [1.54, 1.807) is 13.8 Å². The number of phenolic OH excluding ortho intramolecular Hbond substituents is 1. The van der Waals surface area contributed by atoms with E-state index in [2.05, 4.69) is 15.9 Å². The Bertz CT molecular complexity index is 434. The molecule has 0 fully saturated rings. The van der Waals surface area contributed by atoms with Crippen LogP contribution in [0, 0.1) is 13.8 Å². The average molecular weight is 316 g/mol. The summed E-state index contributed by atoms with van der Waals surface area (Å²) in [4.78, 5) is 11.5. The first kappa shape index (κ1) is 15.0. The number of hydrogen-bond acceptors (Lipinski definition) is 4. The molecule has 0 aromatic heterocycles. The van der Waals surface area contributed by atoms with E-state index in [-0.39, 0.29) is 12.2 Å². The van der Waals surface area contributed by atoms with Crippen LogP contribution in [-0.2, 0) is 16.0 Å². The van der Waals surface area contributed by atoms with Gasteiger partial charge in [-0.25, -0.2) is 0 Å². The minimum atomic E-state index is -0.761. The number of carbonyl (C=O) groups is 1. The molecule has 0 aliphatic carbocycles. The molecule has 1 rings (SSSR count). The standard InChI is InChI=1S/C13H18BrNO3/c1-4-18-13(17)11(15)6-9-8(3)10(14)5-7(2)12(9)16/h5,11,16H,4,6,15H2,1-3H3. The summed E-state index contributed by atoms with van der Waals surface area (Å²) in [5, 5.41) is 10.0. The summed E-state index contributed by atoms with van der Waals surface area (Å²) < 4.78 is 5.75. The number of esters is 1. The molecule has 4 nitrogen and oxygen atoms in total. The van der Waals surface area contributed by atoms with Crippen molar-refractivity contribution in [3.63, 3.8) is 0 Å². The molecule has 1 aromatic rings. The highest BCUT2D eigenvalue weighted by molar-refractivity contribution is 9.10. The van der Waals surface area contributed by atoms with Gasteiger partial charge < -0.3 is 15.6 Å². The first-order valence-corrected chi connectivity index (χ1v) is 6.57. The lowest BCUT2D eigenvalue weighted by Gasteiger charge is -2.16. The third-order valence-electron chi connectivity index (χ3n) is 2.83. The van der Waals surface area contributed by atoms with Crippen LogP contribution < -0.4 is 5.73 Å². The van der Waals surface area contributed by atoms with Gasteiger partial charge in [0, 0.05) is 16.5 Å². The topological polar surface area (TPSA) is 72.5 Å². The molecular weight excluding hydrogens is 298 g/mol. The van der Waals surface area contributed by atoms with Crippen molar-refractivity contribution in [3.05, 3.63) is 27.2 Å². The largest absolute Gasteiger partial charge is 0.507 e. The Hall–Kier alpha value is -1.07. The number of aromatic hydroxyl groups is 1. The second kappa shape index (κ2) is 6.20. The third-order valence-corrected chi connectivity index (χ3v) is 3.65. The van der Waals surface area contributed by atoms with E-state index in [0.29, 0.717) is 12.2 Å². The molecule has 5 heteroatoms. The Balaban J connectivity index is 3.00. The Kier molecular flexibility index (Phi) is 5.16. The fraction of sp³-hybridized carbons (Fsp3) is 0.462. The van der Waals surface area contributed by atoms with Crippen molar-refractivity contribution in [1.82, 2.24) is 0 Å². The van der Waals surface area contributed by atoms with Crippen LogP contribution in [-0.4, -0.2) is 23.7 Å². The van der Waals surface area contributed by atoms with Crippen molar-refractivity contribution < 1.29 is 14.6 Å². The van der Waals surface area contributed by atoms with Crippen LogP contribution in [0.5, 0.6) is 5.75 Å². The van der Waals surface area contributed by atoms with E-state index in [1.165, 1.54) is 0 Å². The molecule has 0 bridgehead atoms. The number of rotatable bonds is 4. The first-order chi connectivity index (χ1) is 8.38. The number of benzene rings is 1. The number of carbonyl (C=O) groups excluding carboxylic acids is 1. The molecule has 3 N–H and O–H groups in total. The fourth-order valence-electron chi connectivity index (χ4n) is 1.73. The van der Waals surface area contributed by atoms with Gasteiger partial charge in [0.25, 0.3) is 0 Å². The predicted octanol–water partition coefficient (Wildman–Crippen LogP) is 2.20. The smallest absolute Gasteiger partial charge is 0.323 e. The number of nitrogens with two attached hydrogens (primary N) is 1. The highest BCUT2D eigenvalue weighted by atomic mass is 79.9. The van der Waals surface area contributed by atoms with Crippen LogP contribution >= 0.6 is 15.9 Å². The molecular formula is C13H18BrNO3. The summed E-state index contributed by atoms with van der Waals surface area (Å²) in [6.45, 7) is 5.71. The lowest BCUT2D eigenvalue weighted by Crippen LogP contribution is -2.34. The van der Waals surface area contributed by atoms with Gasteiger partial charge in [-0.05, 0) is 38.0 Å². The summed E-state index contributed by atoms with van der Waals surface area (Å²) in [6.07, 6.45) is 0.261. The molecule has 0 aliphatic rings. The van der Waals surface area contributed by atoms with Crippen LogP contribution in [0.25, 0.3) is 0 Å². The van der Waals surface area contributed by atoms with E-state index in [4.69, 9.17) is 10.5 Å². The van der Waals surface area contributed by atoms with Gasteiger partial charge in [-0.1, -0.05) is 15.9 Å². The molecule has 0 spiro atoms. The molecule has 0 aliphatic heterocycles. The van der Waals surface area contributed by atoms with Crippen LogP contribution in [0.15, 0.2) is 10.5 Å². The number of phenols is 1. The maximum Gasteiger partial charge on any atom is 0.323 e. The number of hydrogen-bond donors (Lipinski definition) is 2. The van der Waals surface area contributed by atoms with E-state index in [9.17, 15) is 9.90 Å². The zero-order valence-corrected chi connectivity index (χ0v) is 12.4. The zero-order chi connectivity index (χ0) is 13.9. The second-order valence-corrected chi connectivity index (χ2v) is 5.04. The molecule has 0 saturated heterocycles. The lowest BCUT2D eigenvalue weighted by atomic mass is 9.98. The molecule has 0 heterocycles. The molecule has 100 valence electrons. The van der Waals surface area contributed by atoms with Gasteiger partial charge in [-0.15, -0.1) is 0 Å². The minimum Gasteiger partial charge on any atom is -0.507 e. The summed E-state index contributed by atoms with van der Waals surface area (Å²) in [6, 6.07) is 1.08. The lowest BCUT2D eigenvalue weighted by molar-refractivity contribution is -0.144. The van der Waals surface area contributed by atoms with Crippen LogP contribution in [0.2, 0.25) is 0 Å². The fourth-order valence-corrected chi connectivity index (χ4v) is 2.31. The molecule has 18 heavy (non-hydrogen) atoms. The van der Waals surface area contributed by atoms with Crippen molar-refractivity contribution >= 4 is 21.9 Å². The van der Waals surface area contributed by atoms with Gasteiger partial charge in [-0.2, -0.15) is 0 Å². The summed E-state index contributed by atoms with van der Waals surface area (Å²) in [7, 11) is 0. The maximum atomic E-state index is 11.5. The monoisotopic (exact) mass is 315 g/mol.